The zero-order chi connectivity index (χ0) is 18.9. The van der Waals surface area contributed by atoms with Crippen LogP contribution in [0, 0.1) is 6.92 Å². The van der Waals surface area contributed by atoms with E-state index < -0.39 is 0 Å². The summed E-state index contributed by atoms with van der Waals surface area (Å²) in [5, 5.41) is 7.58. The normalized spacial score (nSPS) is 11.3. The fourth-order valence-corrected chi connectivity index (χ4v) is 3.37. The van der Waals surface area contributed by atoms with Crippen LogP contribution >= 0.6 is 11.3 Å². The third kappa shape index (κ3) is 5.56. The van der Waals surface area contributed by atoms with Crippen molar-refractivity contribution >= 4 is 17.3 Å². The molecule has 0 spiro atoms. The van der Waals surface area contributed by atoms with E-state index >= 15 is 0 Å². The lowest BCUT2D eigenvalue weighted by Crippen LogP contribution is -2.38. The number of hydrogen-bond acceptors (Lipinski definition) is 4. The Hall–Kier alpha value is -2.86. The number of aryl methyl sites for hydroxylation is 1. The first-order valence-electron chi connectivity index (χ1n) is 8.89. The Morgan fingerprint density at radius 1 is 1.07 bits per heavy atom. The Labute approximate surface area is 164 Å². The van der Waals surface area contributed by atoms with Gasteiger partial charge in [-0.25, -0.2) is 4.98 Å². The second-order valence-corrected chi connectivity index (χ2v) is 7.25. The number of thiazole rings is 1. The Kier molecular flexibility index (Phi) is 6.82. The van der Waals surface area contributed by atoms with Crippen molar-refractivity contribution in [1.82, 2.24) is 15.6 Å². The van der Waals surface area contributed by atoms with E-state index in [4.69, 9.17) is 4.74 Å². The van der Waals surface area contributed by atoms with E-state index in [1.165, 1.54) is 4.88 Å². The predicted octanol–water partition coefficient (Wildman–Crippen LogP) is 3.86. The van der Waals surface area contributed by atoms with Gasteiger partial charge in [0.1, 0.15) is 17.4 Å². The summed E-state index contributed by atoms with van der Waals surface area (Å²) in [5.74, 6) is 1.62. The SMILES string of the molecule is CN=C(NCCOc1ccccc1-c1ccccc1)NCc1ncc(C)s1. The van der Waals surface area contributed by atoms with Crippen LogP contribution in [0.25, 0.3) is 11.1 Å². The van der Waals surface area contributed by atoms with Gasteiger partial charge in [0, 0.05) is 23.7 Å². The van der Waals surface area contributed by atoms with Crippen LogP contribution < -0.4 is 15.4 Å². The van der Waals surface area contributed by atoms with Crippen molar-refractivity contribution in [2.75, 3.05) is 20.2 Å². The van der Waals surface area contributed by atoms with Crippen LogP contribution in [0.5, 0.6) is 5.75 Å². The maximum absolute atomic E-state index is 6.00. The van der Waals surface area contributed by atoms with Crippen LogP contribution in [0.15, 0.2) is 65.8 Å². The molecule has 5 nitrogen and oxygen atoms in total. The van der Waals surface area contributed by atoms with Gasteiger partial charge < -0.3 is 15.4 Å². The standard InChI is InChI=1S/C21H24N4OS/c1-16-14-24-20(27-16)15-25-21(22-2)23-12-13-26-19-11-7-6-10-18(19)17-8-4-3-5-9-17/h3-11,14H,12-13,15H2,1-2H3,(H2,22,23,25). The fourth-order valence-electron chi connectivity index (χ4n) is 2.64. The van der Waals surface area contributed by atoms with Crippen LogP contribution in [0.4, 0.5) is 0 Å². The van der Waals surface area contributed by atoms with Crippen molar-refractivity contribution in [3.63, 3.8) is 0 Å². The molecular weight excluding hydrogens is 356 g/mol. The molecule has 0 bridgehead atoms. The molecule has 6 heteroatoms. The monoisotopic (exact) mass is 380 g/mol. The third-order valence-electron chi connectivity index (χ3n) is 3.92. The highest BCUT2D eigenvalue weighted by Crippen LogP contribution is 2.29. The van der Waals surface area contributed by atoms with E-state index in [2.05, 4.69) is 45.7 Å². The molecule has 2 N–H and O–H groups in total. The fraction of sp³-hybridized carbons (Fsp3) is 0.238. The summed E-state index contributed by atoms with van der Waals surface area (Å²) >= 11 is 1.68. The van der Waals surface area contributed by atoms with Gasteiger partial charge in [0.2, 0.25) is 0 Å². The molecule has 0 radical (unpaired) electrons. The quantitative estimate of drug-likeness (QED) is 0.371. The summed E-state index contributed by atoms with van der Waals surface area (Å²) in [6.07, 6.45) is 1.88. The average molecular weight is 381 g/mol. The molecule has 0 aliphatic rings. The number of rotatable bonds is 7. The van der Waals surface area contributed by atoms with Gasteiger partial charge in [-0.15, -0.1) is 11.3 Å². The highest BCUT2D eigenvalue weighted by Gasteiger charge is 2.06. The molecule has 2 aromatic carbocycles. The van der Waals surface area contributed by atoms with Gasteiger partial charge >= 0.3 is 0 Å². The lowest BCUT2D eigenvalue weighted by molar-refractivity contribution is 0.323. The van der Waals surface area contributed by atoms with Gasteiger partial charge in [0.15, 0.2) is 5.96 Å². The summed E-state index contributed by atoms with van der Waals surface area (Å²) in [7, 11) is 1.76. The second-order valence-electron chi connectivity index (χ2n) is 5.93. The molecule has 3 aromatic rings. The summed E-state index contributed by atoms with van der Waals surface area (Å²) in [6.45, 7) is 3.91. The minimum Gasteiger partial charge on any atom is -0.491 e. The molecule has 140 valence electrons. The third-order valence-corrected chi connectivity index (χ3v) is 4.84. The minimum atomic E-state index is 0.543. The zero-order valence-corrected chi connectivity index (χ0v) is 16.4. The molecule has 0 atom stereocenters. The molecule has 0 saturated heterocycles. The van der Waals surface area contributed by atoms with E-state index in [-0.39, 0.29) is 0 Å². The van der Waals surface area contributed by atoms with Gasteiger partial charge in [-0.3, -0.25) is 4.99 Å². The molecule has 0 aliphatic carbocycles. The molecule has 0 fully saturated rings. The molecule has 0 saturated carbocycles. The van der Waals surface area contributed by atoms with E-state index in [1.54, 1.807) is 18.4 Å². The summed E-state index contributed by atoms with van der Waals surface area (Å²) in [5.41, 5.74) is 2.25. The zero-order valence-electron chi connectivity index (χ0n) is 15.6. The van der Waals surface area contributed by atoms with Crippen LogP contribution in [0.2, 0.25) is 0 Å². The Morgan fingerprint density at radius 3 is 2.59 bits per heavy atom. The lowest BCUT2D eigenvalue weighted by Gasteiger charge is -2.14. The smallest absolute Gasteiger partial charge is 0.191 e. The van der Waals surface area contributed by atoms with Crippen molar-refractivity contribution in [2.45, 2.75) is 13.5 Å². The highest BCUT2D eigenvalue weighted by molar-refractivity contribution is 7.11. The van der Waals surface area contributed by atoms with E-state index in [0.717, 1.165) is 27.8 Å². The summed E-state index contributed by atoms with van der Waals surface area (Å²) < 4.78 is 6.00. The second kappa shape index (κ2) is 9.73. The Balaban J connectivity index is 1.48. The van der Waals surface area contributed by atoms with Crippen LogP contribution in [-0.2, 0) is 6.54 Å². The van der Waals surface area contributed by atoms with E-state index in [1.807, 2.05) is 42.6 Å². The Bertz CT molecular complexity index is 877. The van der Waals surface area contributed by atoms with Crippen LogP contribution in [0.1, 0.15) is 9.88 Å². The Morgan fingerprint density at radius 2 is 1.85 bits per heavy atom. The number of guanidine groups is 1. The minimum absolute atomic E-state index is 0.543. The molecule has 3 rings (SSSR count). The number of hydrogen-bond donors (Lipinski definition) is 2. The van der Waals surface area contributed by atoms with E-state index in [9.17, 15) is 0 Å². The van der Waals surface area contributed by atoms with Crippen LogP contribution in [-0.4, -0.2) is 31.1 Å². The highest BCUT2D eigenvalue weighted by atomic mass is 32.1. The number of nitrogens with zero attached hydrogens (tertiary/aromatic N) is 2. The van der Waals surface area contributed by atoms with Gasteiger partial charge in [0.05, 0.1) is 13.1 Å². The maximum atomic E-state index is 6.00. The number of aromatic nitrogens is 1. The number of aliphatic imine (C=N–C) groups is 1. The van der Waals surface area contributed by atoms with Crippen molar-refractivity contribution in [2.24, 2.45) is 4.99 Å². The van der Waals surface area contributed by atoms with Crippen molar-refractivity contribution in [3.8, 4) is 16.9 Å². The molecule has 0 aliphatic heterocycles. The lowest BCUT2D eigenvalue weighted by atomic mass is 10.1. The molecule has 1 heterocycles. The largest absolute Gasteiger partial charge is 0.491 e. The van der Waals surface area contributed by atoms with Crippen molar-refractivity contribution in [3.05, 3.63) is 70.7 Å². The van der Waals surface area contributed by atoms with E-state index in [0.29, 0.717) is 19.7 Å². The molecule has 0 unspecified atom stereocenters. The topological polar surface area (TPSA) is 58.5 Å². The molecular formula is C21H24N4OS. The maximum Gasteiger partial charge on any atom is 0.191 e. The summed E-state index contributed by atoms with van der Waals surface area (Å²) in [4.78, 5) is 9.79. The van der Waals surface area contributed by atoms with Crippen molar-refractivity contribution < 1.29 is 4.74 Å². The first kappa shape index (κ1) is 18.9. The number of para-hydroxylation sites is 1. The van der Waals surface area contributed by atoms with Gasteiger partial charge in [-0.05, 0) is 18.6 Å². The first-order valence-corrected chi connectivity index (χ1v) is 9.71. The van der Waals surface area contributed by atoms with Gasteiger partial charge in [-0.1, -0.05) is 48.5 Å². The number of ether oxygens (including phenoxy) is 1. The molecule has 1 aromatic heterocycles. The van der Waals surface area contributed by atoms with Crippen LogP contribution in [0.3, 0.4) is 0 Å². The number of nitrogens with one attached hydrogen (secondary N) is 2. The van der Waals surface area contributed by atoms with Crippen molar-refractivity contribution in [1.29, 1.82) is 0 Å². The average Bonchev–Trinajstić information content (AvgIpc) is 3.13. The first-order chi connectivity index (χ1) is 13.3. The molecule has 27 heavy (non-hydrogen) atoms. The van der Waals surface area contributed by atoms with Gasteiger partial charge in [-0.2, -0.15) is 0 Å². The predicted molar refractivity (Wildman–Crippen MR) is 112 cm³/mol. The number of benzene rings is 2. The molecule has 0 amide bonds. The summed E-state index contributed by atoms with van der Waals surface area (Å²) in [6, 6.07) is 18.4. The van der Waals surface area contributed by atoms with Gasteiger partial charge in [0.25, 0.3) is 0 Å².